The van der Waals surface area contributed by atoms with Crippen molar-refractivity contribution in [3.05, 3.63) is 96.6 Å². The van der Waals surface area contributed by atoms with E-state index in [1.54, 1.807) is 0 Å². The summed E-state index contributed by atoms with van der Waals surface area (Å²) in [7, 11) is -2.48. The van der Waals surface area contributed by atoms with Gasteiger partial charge in [-0.15, -0.1) is 0 Å². The first-order valence-electron chi connectivity index (χ1n) is 11.8. The van der Waals surface area contributed by atoms with Gasteiger partial charge in [0.25, 0.3) is 8.32 Å². The first-order valence-corrected chi connectivity index (χ1v) is 13.7. The van der Waals surface area contributed by atoms with Gasteiger partial charge in [-0.2, -0.15) is 0 Å². The summed E-state index contributed by atoms with van der Waals surface area (Å²) >= 11 is 0. The molecule has 3 heteroatoms. The summed E-state index contributed by atoms with van der Waals surface area (Å²) in [5.74, 6) is 0.395. The van der Waals surface area contributed by atoms with Gasteiger partial charge in [-0.05, 0) is 46.2 Å². The van der Waals surface area contributed by atoms with E-state index in [1.165, 1.54) is 15.9 Å². The number of rotatable bonds is 10. The highest BCUT2D eigenvalue weighted by atomic mass is 28.4. The van der Waals surface area contributed by atoms with Crippen LogP contribution in [0.1, 0.15) is 46.1 Å². The van der Waals surface area contributed by atoms with Gasteiger partial charge in [0.05, 0.1) is 6.10 Å². The standard InChI is InChI=1S/C29H38O2Si/c1-24(22-26(30)23-25-14-8-5-9-15-25)20-21-31-32(29(2,3)4,27-16-10-6-11-17-27)28-18-12-7-13-19-28/h5-19,24,26,30H,20-23H2,1-4H3/t24-,26+/m1/s1. The summed E-state index contributed by atoms with van der Waals surface area (Å²) in [5, 5.41) is 13.2. The summed E-state index contributed by atoms with van der Waals surface area (Å²) < 4.78 is 6.99. The molecule has 3 aromatic rings. The molecule has 0 spiro atoms. The average molecular weight is 447 g/mol. The molecular weight excluding hydrogens is 408 g/mol. The molecule has 170 valence electrons. The molecule has 0 aromatic heterocycles. The molecule has 32 heavy (non-hydrogen) atoms. The Balaban J connectivity index is 1.72. The number of hydrogen-bond acceptors (Lipinski definition) is 2. The molecule has 0 saturated carbocycles. The Labute approximate surface area is 195 Å². The van der Waals surface area contributed by atoms with Gasteiger partial charge in [0, 0.05) is 6.61 Å². The van der Waals surface area contributed by atoms with Crippen LogP contribution in [0, 0.1) is 5.92 Å². The van der Waals surface area contributed by atoms with Crippen LogP contribution in [0.25, 0.3) is 0 Å². The van der Waals surface area contributed by atoms with Crippen molar-refractivity contribution in [2.75, 3.05) is 6.61 Å². The van der Waals surface area contributed by atoms with Gasteiger partial charge in [0.2, 0.25) is 0 Å². The maximum Gasteiger partial charge on any atom is 0.261 e. The van der Waals surface area contributed by atoms with Crippen LogP contribution < -0.4 is 10.4 Å². The van der Waals surface area contributed by atoms with Crippen LogP contribution in [0.5, 0.6) is 0 Å². The molecule has 2 atom stereocenters. The Hall–Kier alpha value is -2.20. The molecule has 0 radical (unpaired) electrons. The molecule has 0 aliphatic rings. The van der Waals surface area contributed by atoms with Crippen LogP contribution in [-0.4, -0.2) is 26.1 Å². The van der Waals surface area contributed by atoms with E-state index in [2.05, 4.69) is 100 Å². The molecule has 0 fully saturated rings. The van der Waals surface area contributed by atoms with Crippen LogP contribution in [0.2, 0.25) is 5.04 Å². The van der Waals surface area contributed by atoms with Crippen molar-refractivity contribution in [1.29, 1.82) is 0 Å². The van der Waals surface area contributed by atoms with E-state index < -0.39 is 8.32 Å². The molecule has 2 nitrogen and oxygen atoms in total. The van der Waals surface area contributed by atoms with Gasteiger partial charge in [-0.3, -0.25) is 0 Å². The molecule has 3 aromatic carbocycles. The van der Waals surface area contributed by atoms with Crippen LogP contribution in [-0.2, 0) is 10.8 Å². The van der Waals surface area contributed by atoms with Crippen molar-refractivity contribution in [3.8, 4) is 0 Å². The lowest BCUT2D eigenvalue weighted by atomic mass is 9.96. The second-order valence-corrected chi connectivity index (χ2v) is 14.3. The third kappa shape index (κ3) is 5.98. The van der Waals surface area contributed by atoms with Crippen LogP contribution in [0.15, 0.2) is 91.0 Å². The lowest BCUT2D eigenvalue weighted by molar-refractivity contribution is 0.137. The highest BCUT2D eigenvalue weighted by Gasteiger charge is 2.50. The lowest BCUT2D eigenvalue weighted by Crippen LogP contribution is -2.66. The van der Waals surface area contributed by atoms with Gasteiger partial charge in [0.15, 0.2) is 0 Å². The van der Waals surface area contributed by atoms with Crippen molar-refractivity contribution < 1.29 is 9.53 Å². The molecule has 0 amide bonds. The van der Waals surface area contributed by atoms with Crippen molar-refractivity contribution in [3.63, 3.8) is 0 Å². The Morgan fingerprint density at radius 2 is 1.25 bits per heavy atom. The maximum atomic E-state index is 10.6. The minimum atomic E-state index is -2.48. The first kappa shape index (κ1) is 24.4. The predicted molar refractivity (Wildman–Crippen MR) is 138 cm³/mol. The lowest BCUT2D eigenvalue weighted by Gasteiger charge is -2.43. The quantitative estimate of drug-likeness (QED) is 0.412. The monoisotopic (exact) mass is 446 g/mol. The Kier molecular flexibility index (Phi) is 8.47. The number of aliphatic hydroxyl groups excluding tert-OH is 1. The fourth-order valence-corrected chi connectivity index (χ4v) is 9.31. The van der Waals surface area contributed by atoms with E-state index in [0.717, 1.165) is 12.8 Å². The smallest absolute Gasteiger partial charge is 0.261 e. The molecule has 0 saturated heterocycles. The summed E-state index contributed by atoms with van der Waals surface area (Å²) in [6.07, 6.45) is 2.12. The third-order valence-electron chi connectivity index (χ3n) is 6.33. The van der Waals surface area contributed by atoms with E-state index >= 15 is 0 Å². The van der Waals surface area contributed by atoms with E-state index in [-0.39, 0.29) is 11.1 Å². The normalized spacial score (nSPS) is 14.2. The van der Waals surface area contributed by atoms with E-state index in [4.69, 9.17) is 4.43 Å². The fraction of sp³-hybridized carbons (Fsp3) is 0.379. The molecule has 0 aliphatic carbocycles. The summed E-state index contributed by atoms with van der Waals surface area (Å²) in [6, 6.07) is 31.8. The van der Waals surface area contributed by atoms with Crippen LogP contribution in [0.4, 0.5) is 0 Å². The van der Waals surface area contributed by atoms with E-state index in [9.17, 15) is 5.11 Å². The van der Waals surface area contributed by atoms with Gasteiger partial charge in [0.1, 0.15) is 0 Å². The molecular formula is C29H38O2Si. The average Bonchev–Trinajstić information content (AvgIpc) is 2.77. The Morgan fingerprint density at radius 1 is 0.781 bits per heavy atom. The highest BCUT2D eigenvalue weighted by molar-refractivity contribution is 6.99. The highest BCUT2D eigenvalue weighted by Crippen LogP contribution is 2.37. The zero-order valence-corrected chi connectivity index (χ0v) is 21.0. The minimum absolute atomic E-state index is 0.00817. The first-order chi connectivity index (χ1) is 15.3. The van der Waals surface area contributed by atoms with Gasteiger partial charge >= 0.3 is 0 Å². The van der Waals surface area contributed by atoms with Gasteiger partial charge in [-0.25, -0.2) is 0 Å². The van der Waals surface area contributed by atoms with Crippen molar-refractivity contribution in [2.24, 2.45) is 5.92 Å². The van der Waals surface area contributed by atoms with Crippen LogP contribution in [0.3, 0.4) is 0 Å². The van der Waals surface area contributed by atoms with Crippen LogP contribution >= 0.6 is 0 Å². The molecule has 0 bridgehead atoms. The number of aliphatic hydroxyl groups is 1. The SMILES string of the molecule is C[C@H](CCO[Si](c1ccccc1)(c1ccccc1)C(C)(C)C)C[C@H](O)Cc1ccccc1. The molecule has 0 heterocycles. The van der Waals surface area contributed by atoms with Crippen molar-refractivity contribution >= 4 is 18.7 Å². The van der Waals surface area contributed by atoms with Crippen molar-refractivity contribution in [2.45, 2.75) is 58.1 Å². The Morgan fingerprint density at radius 3 is 1.72 bits per heavy atom. The van der Waals surface area contributed by atoms with E-state index in [1.807, 2.05) is 18.2 Å². The molecule has 3 rings (SSSR count). The zero-order valence-electron chi connectivity index (χ0n) is 20.0. The predicted octanol–water partition coefficient (Wildman–Crippen LogP) is 5.58. The second-order valence-electron chi connectivity index (χ2n) is 9.98. The summed E-state index contributed by atoms with van der Waals surface area (Å²) in [4.78, 5) is 0. The van der Waals surface area contributed by atoms with Gasteiger partial charge < -0.3 is 9.53 Å². The maximum absolute atomic E-state index is 10.6. The van der Waals surface area contributed by atoms with Crippen molar-refractivity contribution in [1.82, 2.24) is 0 Å². The third-order valence-corrected chi connectivity index (χ3v) is 11.4. The Bertz CT molecular complexity index is 880. The molecule has 0 aliphatic heterocycles. The number of benzene rings is 3. The fourth-order valence-electron chi connectivity index (χ4n) is 4.73. The van der Waals surface area contributed by atoms with Gasteiger partial charge in [-0.1, -0.05) is 119 Å². The second kappa shape index (κ2) is 11.1. The zero-order chi connectivity index (χ0) is 23.0. The summed E-state index contributed by atoms with van der Waals surface area (Å²) in [5.41, 5.74) is 1.19. The van der Waals surface area contributed by atoms with E-state index in [0.29, 0.717) is 18.9 Å². The summed E-state index contributed by atoms with van der Waals surface area (Å²) in [6.45, 7) is 9.86. The number of hydrogen-bond donors (Lipinski definition) is 1. The topological polar surface area (TPSA) is 29.5 Å². The molecule has 1 N–H and O–H groups in total. The minimum Gasteiger partial charge on any atom is -0.407 e. The largest absolute Gasteiger partial charge is 0.407 e. The molecule has 0 unspecified atom stereocenters.